The van der Waals surface area contributed by atoms with Crippen LogP contribution in [0.25, 0.3) is 0 Å². The molecule has 0 radical (unpaired) electrons. The molecule has 0 unspecified atom stereocenters. The smallest absolute Gasteiger partial charge is 0.245 e. The van der Waals surface area contributed by atoms with Crippen LogP contribution < -0.4 is 17.2 Å². The number of nitrogens with two attached hydrogens (primary N) is 3. The Labute approximate surface area is 70.9 Å². The quantitative estimate of drug-likeness (QED) is 0.456. The van der Waals surface area contributed by atoms with Crippen LogP contribution in [-0.2, 0) is 9.59 Å². The van der Waals surface area contributed by atoms with Crippen LogP contribution in [0.15, 0.2) is 24.8 Å². The van der Waals surface area contributed by atoms with Crippen molar-refractivity contribution in [1.82, 2.24) is 0 Å². The highest BCUT2D eigenvalue weighted by Gasteiger charge is 1.93. The molecule has 0 rings (SSSR count). The predicted octanol–water partition coefficient (Wildman–Crippen LogP) is -1.36. The maximum atomic E-state index is 9.97. The molecule has 0 aliphatic carbocycles. The monoisotopic (exact) mass is 171 g/mol. The molecule has 5 heteroatoms. The van der Waals surface area contributed by atoms with E-state index in [1.54, 1.807) is 0 Å². The molecule has 0 aliphatic rings. The molecule has 0 atom stereocenters. The summed E-state index contributed by atoms with van der Waals surface area (Å²) in [6.07, 6.45) is 1.06. The van der Waals surface area contributed by atoms with Gasteiger partial charge in [-0.25, -0.2) is 0 Å². The van der Waals surface area contributed by atoms with Gasteiger partial charge in [0.2, 0.25) is 11.8 Å². The summed E-state index contributed by atoms with van der Waals surface area (Å²) in [6, 6.07) is 0. The Kier molecular flexibility index (Phi) is 8.11. The summed E-state index contributed by atoms with van der Waals surface area (Å²) in [5, 5.41) is 0. The number of hydrogen-bond acceptors (Lipinski definition) is 3. The molecule has 0 aliphatic heterocycles. The summed E-state index contributed by atoms with van der Waals surface area (Å²) in [7, 11) is 0. The predicted molar refractivity (Wildman–Crippen MR) is 46.8 cm³/mol. The van der Waals surface area contributed by atoms with Crippen LogP contribution in [0.3, 0.4) is 0 Å². The van der Waals surface area contributed by atoms with Gasteiger partial charge in [0.05, 0.1) is 0 Å². The molecular formula is C7H13N3O2. The van der Waals surface area contributed by atoms with Crippen molar-refractivity contribution in [2.24, 2.45) is 17.2 Å². The van der Waals surface area contributed by atoms with E-state index in [1.807, 2.05) is 0 Å². The van der Waals surface area contributed by atoms with E-state index in [9.17, 15) is 9.59 Å². The highest BCUT2D eigenvalue weighted by molar-refractivity contribution is 5.91. The zero-order chi connectivity index (χ0) is 10.1. The van der Waals surface area contributed by atoms with Gasteiger partial charge in [-0.05, 0) is 6.08 Å². The van der Waals surface area contributed by atoms with E-state index < -0.39 is 11.8 Å². The molecule has 0 spiro atoms. The van der Waals surface area contributed by atoms with Crippen LogP contribution in [0.1, 0.15) is 0 Å². The average molecular weight is 171 g/mol. The molecule has 12 heavy (non-hydrogen) atoms. The van der Waals surface area contributed by atoms with E-state index in [0.717, 1.165) is 6.08 Å². The van der Waals surface area contributed by atoms with Crippen molar-refractivity contribution >= 4 is 11.8 Å². The fourth-order valence-electron chi connectivity index (χ4n) is 0.101. The van der Waals surface area contributed by atoms with Crippen LogP contribution in [0, 0.1) is 0 Å². The Morgan fingerprint density at radius 2 is 1.67 bits per heavy atom. The molecular weight excluding hydrogens is 158 g/mol. The van der Waals surface area contributed by atoms with Crippen LogP contribution >= 0.6 is 0 Å². The van der Waals surface area contributed by atoms with Gasteiger partial charge in [0.25, 0.3) is 0 Å². The second kappa shape index (κ2) is 7.49. The van der Waals surface area contributed by atoms with Gasteiger partial charge in [-0.3, -0.25) is 9.59 Å². The van der Waals surface area contributed by atoms with Gasteiger partial charge in [-0.15, -0.1) is 0 Å². The summed E-state index contributed by atoms with van der Waals surface area (Å²) in [6.45, 7) is 6.51. The fraction of sp³-hybridized carbons (Fsp3) is 0.143. The maximum absolute atomic E-state index is 9.97. The summed E-state index contributed by atoms with van der Waals surface area (Å²) < 4.78 is 0. The molecule has 0 heterocycles. The molecule has 68 valence electrons. The van der Waals surface area contributed by atoms with Gasteiger partial charge in [0.1, 0.15) is 0 Å². The van der Waals surface area contributed by atoms with Crippen molar-refractivity contribution in [3.05, 3.63) is 24.8 Å². The van der Waals surface area contributed by atoms with Crippen molar-refractivity contribution in [3.63, 3.8) is 0 Å². The highest BCUT2D eigenvalue weighted by Crippen LogP contribution is 1.78. The molecule has 0 bridgehead atoms. The Morgan fingerprint density at radius 1 is 1.33 bits per heavy atom. The van der Waals surface area contributed by atoms with Crippen molar-refractivity contribution in [1.29, 1.82) is 0 Å². The van der Waals surface area contributed by atoms with Crippen LogP contribution in [0.4, 0.5) is 0 Å². The first kappa shape index (κ1) is 13.0. The van der Waals surface area contributed by atoms with Gasteiger partial charge in [0, 0.05) is 12.1 Å². The van der Waals surface area contributed by atoms with Crippen LogP contribution in [-0.4, -0.2) is 18.4 Å². The molecule has 5 nitrogen and oxygen atoms in total. The van der Waals surface area contributed by atoms with E-state index in [2.05, 4.69) is 18.9 Å². The minimum atomic E-state index is -0.525. The van der Waals surface area contributed by atoms with Crippen LogP contribution in [0.5, 0.6) is 0 Å². The van der Waals surface area contributed by atoms with E-state index in [0.29, 0.717) is 0 Å². The third kappa shape index (κ3) is 11.2. The third-order valence-corrected chi connectivity index (χ3v) is 0.796. The van der Waals surface area contributed by atoms with Crippen molar-refractivity contribution in [3.8, 4) is 0 Å². The average Bonchev–Trinajstić information content (AvgIpc) is 2.04. The summed E-state index contributed by atoms with van der Waals surface area (Å²) in [5.74, 6) is -1.01. The number of amides is 2. The maximum Gasteiger partial charge on any atom is 0.245 e. The highest BCUT2D eigenvalue weighted by atomic mass is 16.1. The topological polar surface area (TPSA) is 112 Å². The number of carbonyl (C=O) groups is 2. The Bertz CT molecular complexity index is 199. The Balaban J connectivity index is 0. The first-order chi connectivity index (χ1) is 5.45. The second-order valence-electron chi connectivity index (χ2n) is 1.78. The third-order valence-electron chi connectivity index (χ3n) is 0.796. The molecule has 0 saturated carbocycles. The standard InChI is InChI=1S/C4H8N2O.C3H5NO/c1-3(2-5)4(6)7;1-2-3(4)5/h1-2,5H2,(H2,6,7);2H,1H2,(H2,4,5). The van der Waals surface area contributed by atoms with E-state index >= 15 is 0 Å². The lowest BCUT2D eigenvalue weighted by atomic mass is 10.3. The van der Waals surface area contributed by atoms with E-state index in [1.165, 1.54) is 0 Å². The van der Waals surface area contributed by atoms with Gasteiger partial charge in [-0.1, -0.05) is 13.2 Å². The van der Waals surface area contributed by atoms with Gasteiger partial charge in [0.15, 0.2) is 0 Å². The molecule has 0 aromatic carbocycles. The van der Waals surface area contributed by atoms with Crippen molar-refractivity contribution < 1.29 is 9.59 Å². The normalized spacial score (nSPS) is 7.42. The molecule has 0 fully saturated rings. The van der Waals surface area contributed by atoms with Crippen LogP contribution in [0.2, 0.25) is 0 Å². The molecule has 6 N–H and O–H groups in total. The number of primary amides is 2. The molecule has 2 amide bonds. The summed E-state index contributed by atoms with van der Waals surface area (Å²) in [5.41, 5.74) is 14.5. The molecule has 0 aromatic heterocycles. The lowest BCUT2D eigenvalue weighted by molar-refractivity contribution is -0.115. The van der Waals surface area contributed by atoms with Crippen molar-refractivity contribution in [2.75, 3.05) is 6.54 Å². The lowest BCUT2D eigenvalue weighted by Crippen LogP contribution is -2.19. The van der Waals surface area contributed by atoms with E-state index in [4.69, 9.17) is 11.5 Å². The number of carbonyl (C=O) groups excluding carboxylic acids is 2. The van der Waals surface area contributed by atoms with Gasteiger partial charge < -0.3 is 17.2 Å². The first-order valence-electron chi connectivity index (χ1n) is 3.05. The first-order valence-corrected chi connectivity index (χ1v) is 3.05. The second-order valence-corrected chi connectivity index (χ2v) is 1.78. The molecule has 0 saturated heterocycles. The lowest BCUT2D eigenvalue weighted by Gasteiger charge is -1.89. The van der Waals surface area contributed by atoms with Gasteiger partial charge in [-0.2, -0.15) is 0 Å². The van der Waals surface area contributed by atoms with Crippen molar-refractivity contribution in [2.45, 2.75) is 0 Å². The minimum absolute atomic E-state index is 0.148. The zero-order valence-corrected chi connectivity index (χ0v) is 6.75. The largest absolute Gasteiger partial charge is 0.366 e. The number of hydrogen-bond donors (Lipinski definition) is 3. The zero-order valence-electron chi connectivity index (χ0n) is 6.75. The molecule has 0 aromatic rings. The summed E-state index contributed by atoms with van der Waals surface area (Å²) >= 11 is 0. The Hall–Kier alpha value is -1.62. The Morgan fingerprint density at radius 3 is 1.67 bits per heavy atom. The van der Waals surface area contributed by atoms with Gasteiger partial charge >= 0.3 is 0 Å². The summed E-state index contributed by atoms with van der Waals surface area (Å²) in [4.78, 5) is 19.4. The van der Waals surface area contributed by atoms with E-state index in [-0.39, 0.29) is 12.1 Å². The minimum Gasteiger partial charge on any atom is -0.366 e. The fourth-order valence-corrected chi connectivity index (χ4v) is 0.101. The number of rotatable bonds is 3. The SMILES string of the molecule is C=C(CN)C(N)=O.C=CC(N)=O.